The Hall–Kier alpha value is -4.01. The standard InChI is InChI=1S/C20H14N4O/c21-11-17(20(24)18(12-22)13-23)10-15-6-8-19(9-7-15)25-14-16-4-2-1-3-5-16/h1-10H,14,24H2/b17-10+. The summed E-state index contributed by atoms with van der Waals surface area (Å²) in [6.45, 7) is 0.461. The largest absolute Gasteiger partial charge is 0.489 e. The highest BCUT2D eigenvalue weighted by Gasteiger charge is 2.08. The molecule has 0 atom stereocenters. The molecule has 25 heavy (non-hydrogen) atoms. The lowest BCUT2D eigenvalue weighted by molar-refractivity contribution is 0.306. The maximum Gasteiger partial charge on any atom is 0.153 e. The first-order chi connectivity index (χ1) is 12.2. The first-order valence-electron chi connectivity index (χ1n) is 7.37. The van der Waals surface area contributed by atoms with Crippen molar-refractivity contribution in [2.24, 2.45) is 5.73 Å². The van der Waals surface area contributed by atoms with E-state index >= 15 is 0 Å². The van der Waals surface area contributed by atoms with Crippen LogP contribution in [0.25, 0.3) is 6.08 Å². The van der Waals surface area contributed by atoms with Crippen molar-refractivity contribution in [2.45, 2.75) is 6.61 Å². The summed E-state index contributed by atoms with van der Waals surface area (Å²) in [5, 5.41) is 26.9. The third kappa shape index (κ3) is 4.73. The van der Waals surface area contributed by atoms with Gasteiger partial charge < -0.3 is 10.5 Å². The summed E-state index contributed by atoms with van der Waals surface area (Å²) in [5.74, 6) is 0.692. The third-order valence-electron chi connectivity index (χ3n) is 3.34. The summed E-state index contributed by atoms with van der Waals surface area (Å²) in [6, 6.07) is 22.1. The van der Waals surface area contributed by atoms with Crippen LogP contribution >= 0.6 is 0 Å². The Morgan fingerprint density at radius 3 is 2.12 bits per heavy atom. The Labute approximate surface area is 146 Å². The Kier molecular flexibility index (Phi) is 5.95. The number of nitrogens with two attached hydrogens (primary N) is 1. The van der Waals surface area contributed by atoms with Crippen molar-refractivity contribution >= 4 is 6.08 Å². The highest BCUT2D eigenvalue weighted by molar-refractivity contribution is 5.66. The predicted molar refractivity (Wildman–Crippen MR) is 93.2 cm³/mol. The topological polar surface area (TPSA) is 107 Å². The highest BCUT2D eigenvalue weighted by atomic mass is 16.5. The molecule has 0 fully saturated rings. The van der Waals surface area contributed by atoms with Crippen LogP contribution in [0.15, 0.2) is 71.4 Å². The second-order valence-electron chi connectivity index (χ2n) is 5.03. The lowest BCUT2D eigenvalue weighted by Crippen LogP contribution is -2.03. The van der Waals surface area contributed by atoms with Crippen molar-refractivity contribution in [1.82, 2.24) is 0 Å². The van der Waals surface area contributed by atoms with Crippen LogP contribution in [-0.2, 0) is 6.61 Å². The second kappa shape index (κ2) is 8.58. The van der Waals surface area contributed by atoms with E-state index in [2.05, 4.69) is 0 Å². The van der Waals surface area contributed by atoms with Crippen LogP contribution in [-0.4, -0.2) is 0 Å². The molecule has 0 bridgehead atoms. The molecule has 120 valence electrons. The van der Waals surface area contributed by atoms with Crippen LogP contribution < -0.4 is 10.5 Å². The number of hydrogen-bond donors (Lipinski definition) is 1. The van der Waals surface area contributed by atoms with E-state index in [0.717, 1.165) is 5.56 Å². The number of nitrogens with zero attached hydrogens (tertiary/aromatic N) is 3. The second-order valence-corrected chi connectivity index (χ2v) is 5.03. The Morgan fingerprint density at radius 2 is 1.56 bits per heavy atom. The molecule has 5 nitrogen and oxygen atoms in total. The van der Waals surface area contributed by atoms with Crippen molar-refractivity contribution in [1.29, 1.82) is 15.8 Å². The maximum absolute atomic E-state index is 9.19. The molecule has 0 aliphatic heterocycles. The van der Waals surface area contributed by atoms with Crippen LogP contribution in [0, 0.1) is 34.0 Å². The van der Waals surface area contributed by atoms with Gasteiger partial charge >= 0.3 is 0 Å². The Morgan fingerprint density at radius 1 is 0.920 bits per heavy atom. The molecule has 2 aromatic carbocycles. The molecule has 0 saturated heterocycles. The van der Waals surface area contributed by atoms with Crippen molar-refractivity contribution in [3.8, 4) is 24.0 Å². The zero-order chi connectivity index (χ0) is 18.1. The summed E-state index contributed by atoms with van der Waals surface area (Å²) < 4.78 is 5.69. The van der Waals surface area contributed by atoms with Crippen LogP contribution in [0.3, 0.4) is 0 Å². The summed E-state index contributed by atoms with van der Waals surface area (Å²) in [7, 11) is 0. The summed E-state index contributed by atoms with van der Waals surface area (Å²) >= 11 is 0. The van der Waals surface area contributed by atoms with Crippen molar-refractivity contribution in [3.05, 3.63) is 82.6 Å². The van der Waals surface area contributed by atoms with Gasteiger partial charge in [-0.1, -0.05) is 42.5 Å². The van der Waals surface area contributed by atoms with E-state index in [1.807, 2.05) is 36.4 Å². The number of allylic oxidation sites excluding steroid dienone is 2. The Balaban J connectivity index is 2.14. The fourth-order valence-corrected chi connectivity index (χ4v) is 2.02. The molecule has 5 heteroatoms. The van der Waals surface area contributed by atoms with Gasteiger partial charge in [0.2, 0.25) is 0 Å². The van der Waals surface area contributed by atoms with E-state index in [9.17, 15) is 5.26 Å². The molecule has 0 saturated carbocycles. The Bertz CT molecular complexity index is 905. The SMILES string of the molecule is N#CC(C#N)=C(N)/C(C#N)=C/c1ccc(OCc2ccccc2)cc1. The molecule has 0 radical (unpaired) electrons. The minimum absolute atomic E-state index is 0.0658. The van der Waals surface area contributed by atoms with E-state index in [-0.39, 0.29) is 16.8 Å². The number of ether oxygens (including phenoxy) is 1. The van der Waals surface area contributed by atoms with Crippen LogP contribution in [0.2, 0.25) is 0 Å². The van der Waals surface area contributed by atoms with Gasteiger partial charge in [-0.15, -0.1) is 0 Å². The lowest BCUT2D eigenvalue weighted by atomic mass is 10.1. The summed E-state index contributed by atoms with van der Waals surface area (Å²) in [4.78, 5) is 0. The average molecular weight is 326 g/mol. The number of hydrogen-bond acceptors (Lipinski definition) is 5. The van der Waals surface area contributed by atoms with Gasteiger partial charge in [0.05, 0.1) is 11.3 Å². The van der Waals surface area contributed by atoms with E-state index in [1.165, 1.54) is 6.08 Å². The van der Waals surface area contributed by atoms with Crippen molar-refractivity contribution in [3.63, 3.8) is 0 Å². The van der Waals surface area contributed by atoms with Crippen molar-refractivity contribution < 1.29 is 4.74 Å². The molecule has 0 aliphatic rings. The molecule has 0 spiro atoms. The molecule has 0 heterocycles. The van der Waals surface area contributed by atoms with Crippen LogP contribution in [0.5, 0.6) is 5.75 Å². The monoisotopic (exact) mass is 326 g/mol. The van der Waals surface area contributed by atoms with Gasteiger partial charge in [-0.2, -0.15) is 15.8 Å². The first-order valence-corrected chi connectivity index (χ1v) is 7.37. The van der Waals surface area contributed by atoms with Crippen LogP contribution in [0.4, 0.5) is 0 Å². The van der Waals surface area contributed by atoms with Gasteiger partial charge in [0.1, 0.15) is 30.6 Å². The molecule has 2 rings (SSSR count). The minimum atomic E-state index is -0.282. The molecule has 2 N–H and O–H groups in total. The molecular weight excluding hydrogens is 312 g/mol. The van der Waals surface area contributed by atoms with E-state index in [0.29, 0.717) is 17.9 Å². The van der Waals surface area contributed by atoms with E-state index < -0.39 is 0 Å². The molecule has 0 aromatic heterocycles. The summed E-state index contributed by atoms with van der Waals surface area (Å²) in [5.41, 5.74) is 7.14. The van der Waals surface area contributed by atoms with Gasteiger partial charge in [0.15, 0.2) is 5.57 Å². The maximum atomic E-state index is 9.19. The van der Waals surface area contributed by atoms with Gasteiger partial charge in [-0.25, -0.2) is 0 Å². The lowest BCUT2D eigenvalue weighted by Gasteiger charge is -2.06. The van der Waals surface area contributed by atoms with Crippen molar-refractivity contribution in [2.75, 3.05) is 0 Å². The molecule has 0 amide bonds. The fraction of sp³-hybridized carbons (Fsp3) is 0.0500. The highest BCUT2D eigenvalue weighted by Crippen LogP contribution is 2.18. The molecule has 2 aromatic rings. The number of rotatable bonds is 5. The summed E-state index contributed by atoms with van der Waals surface area (Å²) in [6.07, 6.45) is 1.52. The smallest absolute Gasteiger partial charge is 0.153 e. The van der Waals surface area contributed by atoms with E-state index in [4.69, 9.17) is 21.0 Å². The first kappa shape index (κ1) is 17.3. The van der Waals surface area contributed by atoms with E-state index in [1.54, 1.807) is 36.4 Å². The zero-order valence-corrected chi connectivity index (χ0v) is 13.3. The average Bonchev–Trinajstić information content (AvgIpc) is 2.67. The van der Waals surface area contributed by atoms with Gasteiger partial charge in [-0.3, -0.25) is 0 Å². The third-order valence-corrected chi connectivity index (χ3v) is 3.34. The minimum Gasteiger partial charge on any atom is -0.489 e. The van der Waals surface area contributed by atoms with Gasteiger partial charge in [-0.05, 0) is 29.3 Å². The van der Waals surface area contributed by atoms with Gasteiger partial charge in [0, 0.05) is 0 Å². The number of nitriles is 3. The fourth-order valence-electron chi connectivity index (χ4n) is 2.02. The molecule has 0 unspecified atom stereocenters. The normalized spacial score (nSPS) is 10.0. The molecular formula is C20H14N4O. The van der Waals surface area contributed by atoms with Gasteiger partial charge in [0.25, 0.3) is 0 Å². The quantitative estimate of drug-likeness (QED) is 0.669. The number of benzene rings is 2. The molecule has 0 aliphatic carbocycles. The zero-order valence-electron chi connectivity index (χ0n) is 13.3. The van der Waals surface area contributed by atoms with Crippen LogP contribution in [0.1, 0.15) is 11.1 Å². The predicted octanol–water partition coefficient (Wildman–Crippen LogP) is 3.43.